The van der Waals surface area contributed by atoms with Gasteiger partial charge in [0.2, 0.25) is 5.91 Å². The Morgan fingerprint density at radius 2 is 1.93 bits per heavy atom. The van der Waals surface area contributed by atoms with Crippen molar-refractivity contribution >= 4 is 29.7 Å². The molecule has 0 aliphatic heterocycles. The Morgan fingerprint density at radius 1 is 1.17 bits per heavy atom. The molecule has 3 rings (SSSR count). The van der Waals surface area contributed by atoms with E-state index in [4.69, 9.17) is 25.9 Å². The Hall–Kier alpha value is -3.58. The van der Waals surface area contributed by atoms with Gasteiger partial charge in [0.25, 0.3) is 0 Å². The van der Waals surface area contributed by atoms with Crippen LogP contribution in [0.2, 0.25) is 5.02 Å². The number of nitrogens with zero attached hydrogens (tertiary/aromatic N) is 1. The highest BCUT2D eigenvalue weighted by Crippen LogP contribution is 2.26. The highest BCUT2D eigenvalue weighted by Gasteiger charge is 2.12. The summed E-state index contributed by atoms with van der Waals surface area (Å²) in [6, 6.07) is 15.1. The van der Waals surface area contributed by atoms with Crippen LogP contribution in [0.25, 0.3) is 11.3 Å². The van der Waals surface area contributed by atoms with Gasteiger partial charge < -0.3 is 14.3 Å². The number of furan rings is 1. The van der Waals surface area contributed by atoms with Gasteiger partial charge in [-0.05, 0) is 48.0 Å². The van der Waals surface area contributed by atoms with Gasteiger partial charge in [0.05, 0.1) is 30.3 Å². The molecule has 0 aliphatic carbocycles. The number of carboxylic acid groups (broad SMARTS) is 1. The first-order chi connectivity index (χ1) is 14.0. The zero-order valence-electron chi connectivity index (χ0n) is 15.4. The number of benzene rings is 2. The van der Waals surface area contributed by atoms with Crippen molar-refractivity contribution in [2.24, 2.45) is 5.10 Å². The fourth-order valence-corrected chi connectivity index (χ4v) is 2.75. The van der Waals surface area contributed by atoms with Gasteiger partial charge in [-0.2, -0.15) is 5.10 Å². The van der Waals surface area contributed by atoms with Crippen LogP contribution in [0.15, 0.2) is 64.1 Å². The van der Waals surface area contributed by atoms with Crippen LogP contribution in [0, 0.1) is 0 Å². The maximum Gasteiger partial charge on any atom is 0.337 e. The number of methoxy groups -OCH3 is 1. The monoisotopic (exact) mass is 412 g/mol. The predicted molar refractivity (Wildman–Crippen MR) is 109 cm³/mol. The zero-order valence-corrected chi connectivity index (χ0v) is 16.1. The lowest BCUT2D eigenvalue weighted by molar-refractivity contribution is -0.120. The summed E-state index contributed by atoms with van der Waals surface area (Å²) in [7, 11) is 1.58. The highest BCUT2D eigenvalue weighted by atomic mass is 35.5. The second-order valence-electron chi connectivity index (χ2n) is 6.02. The van der Waals surface area contributed by atoms with Crippen molar-refractivity contribution in [1.82, 2.24) is 5.43 Å². The van der Waals surface area contributed by atoms with E-state index in [1.807, 2.05) is 0 Å². The molecule has 1 aromatic heterocycles. The number of ether oxygens (including phenoxy) is 1. The number of hydrazone groups is 1. The summed E-state index contributed by atoms with van der Waals surface area (Å²) in [6.45, 7) is 0. The fraction of sp³-hybridized carbons (Fsp3) is 0.0952. The van der Waals surface area contributed by atoms with Gasteiger partial charge >= 0.3 is 5.97 Å². The van der Waals surface area contributed by atoms with Crippen LogP contribution in [0.3, 0.4) is 0 Å². The van der Waals surface area contributed by atoms with Gasteiger partial charge in [-0.3, -0.25) is 4.79 Å². The summed E-state index contributed by atoms with van der Waals surface area (Å²) in [5, 5.41) is 13.2. The van der Waals surface area contributed by atoms with Crippen molar-refractivity contribution in [3.8, 4) is 17.1 Å². The Morgan fingerprint density at radius 3 is 2.62 bits per heavy atom. The molecule has 2 N–H and O–H groups in total. The molecule has 0 saturated carbocycles. The summed E-state index contributed by atoms with van der Waals surface area (Å²) in [4.78, 5) is 23.2. The minimum absolute atomic E-state index is 0.0124. The zero-order chi connectivity index (χ0) is 20.8. The lowest BCUT2D eigenvalue weighted by atomic mass is 10.1. The van der Waals surface area contributed by atoms with Crippen LogP contribution in [0.4, 0.5) is 0 Å². The average molecular weight is 413 g/mol. The molecule has 0 unspecified atom stereocenters. The third-order valence-corrected chi connectivity index (χ3v) is 4.34. The Balaban J connectivity index is 1.61. The fourth-order valence-electron chi connectivity index (χ4n) is 2.56. The van der Waals surface area contributed by atoms with E-state index in [2.05, 4.69) is 10.5 Å². The van der Waals surface area contributed by atoms with Gasteiger partial charge in [-0.15, -0.1) is 0 Å². The first kappa shape index (κ1) is 20.2. The topological polar surface area (TPSA) is 101 Å². The molecule has 0 saturated heterocycles. The summed E-state index contributed by atoms with van der Waals surface area (Å²) in [5.41, 5.74) is 3.81. The van der Waals surface area contributed by atoms with Gasteiger partial charge in [0, 0.05) is 5.56 Å². The van der Waals surface area contributed by atoms with Crippen molar-refractivity contribution < 1.29 is 23.8 Å². The van der Waals surface area contributed by atoms with E-state index in [1.54, 1.807) is 49.6 Å². The van der Waals surface area contributed by atoms with E-state index < -0.39 is 5.97 Å². The number of carboxylic acids is 1. The lowest BCUT2D eigenvalue weighted by Gasteiger charge is -2.02. The van der Waals surface area contributed by atoms with Crippen LogP contribution in [0.5, 0.6) is 5.75 Å². The van der Waals surface area contributed by atoms with E-state index >= 15 is 0 Å². The largest absolute Gasteiger partial charge is 0.497 e. The Bertz CT molecular complexity index is 1060. The van der Waals surface area contributed by atoms with Gasteiger partial charge in [-0.25, -0.2) is 10.2 Å². The molecule has 0 radical (unpaired) electrons. The molecular weight excluding hydrogens is 396 g/mol. The molecule has 0 atom stereocenters. The van der Waals surface area contributed by atoms with Crippen LogP contribution >= 0.6 is 11.6 Å². The van der Waals surface area contributed by atoms with E-state index in [1.165, 1.54) is 18.3 Å². The molecule has 148 valence electrons. The third-order valence-electron chi connectivity index (χ3n) is 4.01. The van der Waals surface area contributed by atoms with Crippen molar-refractivity contribution in [3.63, 3.8) is 0 Å². The van der Waals surface area contributed by atoms with Crippen molar-refractivity contribution in [2.45, 2.75) is 6.42 Å². The smallest absolute Gasteiger partial charge is 0.337 e. The minimum Gasteiger partial charge on any atom is -0.497 e. The van der Waals surface area contributed by atoms with E-state index in [-0.39, 0.29) is 22.9 Å². The third kappa shape index (κ3) is 5.24. The van der Waals surface area contributed by atoms with Crippen LogP contribution in [-0.4, -0.2) is 30.3 Å². The van der Waals surface area contributed by atoms with Crippen LogP contribution in [-0.2, 0) is 11.2 Å². The average Bonchev–Trinajstić information content (AvgIpc) is 3.17. The first-order valence-corrected chi connectivity index (χ1v) is 8.92. The predicted octanol–water partition coefficient (Wildman–Crippen LogP) is 4.00. The number of halogens is 1. The summed E-state index contributed by atoms with van der Waals surface area (Å²) in [5.74, 6) is 0.176. The molecule has 8 heteroatoms. The van der Waals surface area contributed by atoms with E-state index in [0.29, 0.717) is 17.1 Å². The maximum atomic E-state index is 12.0. The standard InChI is InChI=1S/C21H17ClN2O5/c1-28-15-5-2-13(3-6-15)10-20(25)24-23-12-16-7-9-19(29-16)14-4-8-18(22)17(11-14)21(26)27/h2-9,11-12H,10H2,1H3,(H,24,25)(H,26,27)/b23-12-. The molecule has 0 aliphatic rings. The van der Waals surface area contributed by atoms with Crippen molar-refractivity contribution in [1.29, 1.82) is 0 Å². The first-order valence-electron chi connectivity index (χ1n) is 8.54. The molecule has 0 bridgehead atoms. The SMILES string of the molecule is COc1ccc(CC(=O)N/N=C\c2ccc(-c3ccc(Cl)c(C(=O)O)c3)o2)cc1. The highest BCUT2D eigenvalue weighted by molar-refractivity contribution is 6.33. The van der Waals surface area contributed by atoms with Crippen LogP contribution in [0.1, 0.15) is 21.7 Å². The number of aromatic carboxylic acids is 1. The molecule has 0 fully saturated rings. The molecule has 29 heavy (non-hydrogen) atoms. The van der Waals surface area contributed by atoms with E-state index in [9.17, 15) is 9.59 Å². The number of carbonyl (C=O) groups excluding carboxylic acids is 1. The molecular formula is C21H17ClN2O5. The second kappa shape index (κ2) is 9.07. The number of rotatable bonds is 7. The Labute approximate surface area is 171 Å². The molecule has 3 aromatic rings. The van der Waals surface area contributed by atoms with Gasteiger partial charge in [-0.1, -0.05) is 23.7 Å². The molecule has 1 amide bonds. The quantitative estimate of drug-likeness (QED) is 0.451. The summed E-state index contributed by atoms with van der Waals surface area (Å²) in [6.07, 6.45) is 1.54. The van der Waals surface area contributed by atoms with E-state index in [0.717, 1.165) is 11.3 Å². The summed E-state index contributed by atoms with van der Waals surface area (Å²) >= 11 is 5.88. The Kier molecular flexibility index (Phi) is 6.31. The van der Waals surface area contributed by atoms with Crippen molar-refractivity contribution in [3.05, 3.63) is 76.5 Å². The number of amides is 1. The lowest BCUT2D eigenvalue weighted by Crippen LogP contribution is -2.19. The number of hydrogen-bond donors (Lipinski definition) is 2. The number of nitrogens with one attached hydrogen (secondary N) is 1. The molecule has 1 heterocycles. The maximum absolute atomic E-state index is 12.0. The van der Waals surface area contributed by atoms with Crippen LogP contribution < -0.4 is 10.2 Å². The molecule has 2 aromatic carbocycles. The number of carbonyl (C=O) groups is 2. The van der Waals surface area contributed by atoms with Gasteiger partial charge in [0.15, 0.2) is 0 Å². The summed E-state index contributed by atoms with van der Waals surface area (Å²) < 4.78 is 10.7. The minimum atomic E-state index is -1.12. The second-order valence-corrected chi connectivity index (χ2v) is 6.43. The molecule has 0 spiro atoms. The number of hydrogen-bond acceptors (Lipinski definition) is 5. The van der Waals surface area contributed by atoms with Crippen molar-refractivity contribution in [2.75, 3.05) is 7.11 Å². The molecule has 7 nitrogen and oxygen atoms in total. The normalized spacial score (nSPS) is 10.8. The van der Waals surface area contributed by atoms with Gasteiger partial charge in [0.1, 0.15) is 17.3 Å².